The smallest absolute Gasteiger partial charge is 0.269 e. The van der Waals surface area contributed by atoms with E-state index < -0.39 is 0 Å². The van der Waals surface area contributed by atoms with Gasteiger partial charge in [-0.25, -0.2) is 0 Å². The molecule has 1 aliphatic rings. The molecule has 0 spiro atoms. The van der Waals surface area contributed by atoms with Gasteiger partial charge in [-0.2, -0.15) is 0 Å². The number of carbonyl (C=O) groups is 1. The van der Waals surface area contributed by atoms with Crippen LogP contribution in [0.1, 0.15) is 10.5 Å². The molecule has 0 aromatic carbocycles. The second-order valence-corrected chi connectivity index (χ2v) is 3.72. The first-order valence-electron chi connectivity index (χ1n) is 5.45. The fraction of sp³-hybridized carbons (Fsp3) is 0.455. The maximum Gasteiger partial charge on any atom is 0.269 e. The third-order valence-electron chi connectivity index (χ3n) is 2.69. The van der Waals surface area contributed by atoms with Gasteiger partial charge in [0, 0.05) is 45.1 Å². The standard InChI is InChI=1S/C11H16N4O.ClH/c1-12-11(16)10-8-9(2-3-14-10)15-6-4-13-5-7-15;/h2-3,8,13H,4-7H2,1H3,(H,12,16);1H. The fourth-order valence-corrected chi connectivity index (χ4v) is 1.79. The molecule has 17 heavy (non-hydrogen) atoms. The van der Waals surface area contributed by atoms with E-state index in [1.165, 1.54) is 0 Å². The molecule has 5 nitrogen and oxygen atoms in total. The van der Waals surface area contributed by atoms with Crippen molar-refractivity contribution < 1.29 is 4.79 Å². The summed E-state index contributed by atoms with van der Waals surface area (Å²) >= 11 is 0. The van der Waals surface area contributed by atoms with Crippen molar-refractivity contribution >= 4 is 24.0 Å². The Morgan fingerprint density at radius 1 is 1.47 bits per heavy atom. The predicted molar refractivity (Wildman–Crippen MR) is 70.0 cm³/mol. The van der Waals surface area contributed by atoms with E-state index in [1.54, 1.807) is 13.2 Å². The molecule has 0 saturated carbocycles. The summed E-state index contributed by atoms with van der Waals surface area (Å²) in [5, 5.41) is 5.88. The van der Waals surface area contributed by atoms with Gasteiger partial charge in [-0.3, -0.25) is 9.78 Å². The van der Waals surface area contributed by atoms with Crippen LogP contribution in [-0.2, 0) is 0 Å². The van der Waals surface area contributed by atoms with Gasteiger partial charge in [-0.05, 0) is 12.1 Å². The number of piperazine rings is 1. The Morgan fingerprint density at radius 3 is 2.82 bits per heavy atom. The van der Waals surface area contributed by atoms with Crippen LogP contribution in [0.15, 0.2) is 18.3 Å². The zero-order chi connectivity index (χ0) is 11.4. The molecule has 0 unspecified atom stereocenters. The second-order valence-electron chi connectivity index (χ2n) is 3.72. The largest absolute Gasteiger partial charge is 0.369 e. The number of hydrogen-bond donors (Lipinski definition) is 2. The van der Waals surface area contributed by atoms with Gasteiger partial charge in [-0.1, -0.05) is 0 Å². The molecule has 1 saturated heterocycles. The number of halogens is 1. The van der Waals surface area contributed by atoms with E-state index in [2.05, 4.69) is 20.5 Å². The summed E-state index contributed by atoms with van der Waals surface area (Å²) in [7, 11) is 1.61. The number of anilines is 1. The van der Waals surface area contributed by atoms with Gasteiger partial charge in [-0.15, -0.1) is 12.4 Å². The molecule has 6 heteroatoms. The first-order valence-corrected chi connectivity index (χ1v) is 5.45. The fourth-order valence-electron chi connectivity index (χ4n) is 1.79. The maximum atomic E-state index is 11.4. The Balaban J connectivity index is 0.00000144. The minimum atomic E-state index is -0.142. The quantitative estimate of drug-likeness (QED) is 0.798. The summed E-state index contributed by atoms with van der Waals surface area (Å²) in [6, 6.07) is 3.78. The molecule has 94 valence electrons. The molecular formula is C11H17ClN4O. The van der Waals surface area contributed by atoms with Crippen LogP contribution < -0.4 is 15.5 Å². The minimum Gasteiger partial charge on any atom is -0.369 e. The van der Waals surface area contributed by atoms with E-state index in [0.29, 0.717) is 5.69 Å². The number of amides is 1. The summed E-state index contributed by atoms with van der Waals surface area (Å²) in [4.78, 5) is 17.7. The van der Waals surface area contributed by atoms with Crippen LogP contribution in [0.25, 0.3) is 0 Å². The summed E-state index contributed by atoms with van der Waals surface area (Å²) in [5.41, 5.74) is 1.54. The number of rotatable bonds is 2. The lowest BCUT2D eigenvalue weighted by atomic mass is 10.2. The van der Waals surface area contributed by atoms with E-state index in [0.717, 1.165) is 31.9 Å². The van der Waals surface area contributed by atoms with Crippen LogP contribution in [-0.4, -0.2) is 44.1 Å². The molecule has 1 aromatic heterocycles. The van der Waals surface area contributed by atoms with Crippen molar-refractivity contribution in [2.45, 2.75) is 0 Å². The summed E-state index contributed by atoms with van der Waals surface area (Å²) in [6.07, 6.45) is 1.68. The molecule has 0 radical (unpaired) electrons. The molecule has 1 aromatic rings. The van der Waals surface area contributed by atoms with Crippen molar-refractivity contribution in [1.29, 1.82) is 0 Å². The van der Waals surface area contributed by atoms with Gasteiger partial charge in [0.25, 0.3) is 5.91 Å². The third kappa shape index (κ3) is 3.31. The van der Waals surface area contributed by atoms with E-state index in [4.69, 9.17) is 0 Å². The highest BCUT2D eigenvalue weighted by molar-refractivity contribution is 5.92. The van der Waals surface area contributed by atoms with Crippen LogP contribution in [0.2, 0.25) is 0 Å². The molecule has 1 amide bonds. The van der Waals surface area contributed by atoms with Gasteiger partial charge in [0.05, 0.1) is 0 Å². The molecule has 0 bridgehead atoms. The maximum absolute atomic E-state index is 11.4. The molecular weight excluding hydrogens is 240 g/mol. The van der Waals surface area contributed by atoms with Gasteiger partial charge in [0.2, 0.25) is 0 Å². The highest BCUT2D eigenvalue weighted by atomic mass is 35.5. The van der Waals surface area contributed by atoms with Crippen molar-refractivity contribution in [3.05, 3.63) is 24.0 Å². The third-order valence-corrected chi connectivity index (χ3v) is 2.69. The molecule has 2 N–H and O–H groups in total. The average Bonchev–Trinajstić information content (AvgIpc) is 2.39. The second kappa shape index (κ2) is 6.42. The average molecular weight is 257 g/mol. The predicted octanol–water partition coefficient (Wildman–Crippen LogP) is 0.273. The summed E-state index contributed by atoms with van der Waals surface area (Å²) in [6.45, 7) is 3.91. The van der Waals surface area contributed by atoms with E-state index in [1.807, 2.05) is 12.1 Å². The highest BCUT2D eigenvalue weighted by Crippen LogP contribution is 2.14. The van der Waals surface area contributed by atoms with Crippen molar-refractivity contribution in [2.24, 2.45) is 0 Å². The summed E-state index contributed by atoms with van der Waals surface area (Å²) in [5.74, 6) is -0.142. The number of carbonyl (C=O) groups excluding carboxylic acids is 1. The Morgan fingerprint density at radius 2 is 2.18 bits per heavy atom. The first-order chi connectivity index (χ1) is 7.81. The Kier molecular flexibility index (Phi) is 5.18. The van der Waals surface area contributed by atoms with Crippen LogP contribution in [0.3, 0.4) is 0 Å². The zero-order valence-corrected chi connectivity index (χ0v) is 10.6. The van der Waals surface area contributed by atoms with Gasteiger partial charge < -0.3 is 15.5 Å². The van der Waals surface area contributed by atoms with E-state index >= 15 is 0 Å². The molecule has 1 aliphatic heterocycles. The van der Waals surface area contributed by atoms with Crippen LogP contribution in [0.5, 0.6) is 0 Å². The number of hydrogen-bond acceptors (Lipinski definition) is 4. The van der Waals surface area contributed by atoms with Gasteiger partial charge in [0.15, 0.2) is 0 Å². The molecule has 2 heterocycles. The Hall–Kier alpha value is -1.33. The topological polar surface area (TPSA) is 57.3 Å². The Bertz CT molecular complexity index is 379. The van der Waals surface area contributed by atoms with Crippen LogP contribution in [0.4, 0.5) is 5.69 Å². The van der Waals surface area contributed by atoms with Gasteiger partial charge in [0.1, 0.15) is 5.69 Å². The SMILES string of the molecule is CNC(=O)c1cc(N2CCNCC2)ccn1.Cl. The summed E-state index contributed by atoms with van der Waals surface area (Å²) < 4.78 is 0. The first kappa shape index (κ1) is 13.7. The van der Waals surface area contributed by atoms with Gasteiger partial charge >= 0.3 is 0 Å². The monoisotopic (exact) mass is 256 g/mol. The number of nitrogens with zero attached hydrogens (tertiary/aromatic N) is 2. The zero-order valence-electron chi connectivity index (χ0n) is 9.77. The molecule has 2 rings (SSSR count). The molecule has 1 fully saturated rings. The normalized spacial score (nSPS) is 15.0. The number of nitrogens with one attached hydrogen (secondary N) is 2. The lowest BCUT2D eigenvalue weighted by molar-refractivity contribution is 0.0958. The lowest BCUT2D eigenvalue weighted by Crippen LogP contribution is -2.43. The highest BCUT2D eigenvalue weighted by Gasteiger charge is 2.12. The Labute approximate surface area is 107 Å². The number of pyridine rings is 1. The van der Waals surface area contributed by atoms with Crippen molar-refractivity contribution in [1.82, 2.24) is 15.6 Å². The van der Waals surface area contributed by atoms with E-state index in [-0.39, 0.29) is 18.3 Å². The molecule has 0 atom stereocenters. The van der Waals surface area contributed by atoms with Crippen LogP contribution >= 0.6 is 12.4 Å². The van der Waals surface area contributed by atoms with Crippen molar-refractivity contribution in [2.75, 3.05) is 38.1 Å². The van der Waals surface area contributed by atoms with E-state index in [9.17, 15) is 4.79 Å². The molecule has 0 aliphatic carbocycles. The minimum absolute atomic E-state index is 0. The van der Waals surface area contributed by atoms with Crippen molar-refractivity contribution in [3.8, 4) is 0 Å². The van der Waals surface area contributed by atoms with Crippen LogP contribution in [0, 0.1) is 0 Å². The van der Waals surface area contributed by atoms with Crippen molar-refractivity contribution in [3.63, 3.8) is 0 Å². The lowest BCUT2D eigenvalue weighted by Gasteiger charge is -2.29. The number of aromatic nitrogens is 1.